The quantitative estimate of drug-likeness (QED) is 0.342. The number of halogens is 6. The van der Waals surface area contributed by atoms with Gasteiger partial charge < -0.3 is 0 Å². The standard InChI is InChI=1S/C21H10F6O3S/c22-20(23,24)13-7-12(8-14(10-13)21(25,26)27)11-5-6-16-18(9-11)31(29,30)17-4-2-1-3-15(17)19(16)28/h1-10H. The molecule has 1 aliphatic heterocycles. The summed E-state index contributed by atoms with van der Waals surface area (Å²) in [6.45, 7) is 0. The maximum absolute atomic E-state index is 13.2. The van der Waals surface area contributed by atoms with Crippen molar-refractivity contribution in [1.29, 1.82) is 0 Å². The highest BCUT2D eigenvalue weighted by Gasteiger charge is 2.38. The fraction of sp³-hybridized carbons (Fsp3) is 0.0952. The van der Waals surface area contributed by atoms with E-state index in [1.165, 1.54) is 24.3 Å². The number of fused-ring (bicyclic) bond motifs is 2. The third-order valence-electron chi connectivity index (χ3n) is 4.86. The summed E-state index contributed by atoms with van der Waals surface area (Å²) in [5.74, 6) is -0.605. The average molecular weight is 456 g/mol. The van der Waals surface area contributed by atoms with Crippen LogP contribution in [0.1, 0.15) is 27.0 Å². The van der Waals surface area contributed by atoms with Crippen molar-refractivity contribution in [2.24, 2.45) is 0 Å². The Morgan fingerprint density at radius 3 is 1.74 bits per heavy atom. The first-order valence-electron chi connectivity index (χ1n) is 8.63. The molecule has 0 atom stereocenters. The molecule has 1 heterocycles. The van der Waals surface area contributed by atoms with E-state index in [1.54, 1.807) is 0 Å². The summed E-state index contributed by atoms with van der Waals surface area (Å²) in [6, 6.07) is 9.55. The van der Waals surface area contributed by atoms with Crippen molar-refractivity contribution in [2.75, 3.05) is 0 Å². The second-order valence-corrected chi connectivity index (χ2v) is 8.72. The maximum atomic E-state index is 13.2. The third-order valence-corrected chi connectivity index (χ3v) is 6.71. The van der Waals surface area contributed by atoms with Gasteiger partial charge in [-0.15, -0.1) is 0 Å². The molecule has 3 aromatic carbocycles. The molecule has 3 aromatic rings. The third kappa shape index (κ3) is 3.50. The molecule has 0 bridgehead atoms. The van der Waals surface area contributed by atoms with Gasteiger partial charge in [0, 0.05) is 11.1 Å². The van der Waals surface area contributed by atoms with E-state index in [4.69, 9.17) is 0 Å². The van der Waals surface area contributed by atoms with Crippen molar-refractivity contribution >= 4 is 15.6 Å². The predicted octanol–water partition coefficient (Wildman–Crippen LogP) is 5.77. The Bertz CT molecular complexity index is 1310. The van der Waals surface area contributed by atoms with Crippen molar-refractivity contribution in [2.45, 2.75) is 22.1 Å². The molecule has 0 unspecified atom stereocenters. The topological polar surface area (TPSA) is 51.2 Å². The first kappa shape index (κ1) is 21.1. The van der Waals surface area contributed by atoms with E-state index < -0.39 is 49.6 Å². The first-order chi connectivity index (χ1) is 14.3. The number of carbonyl (C=O) groups excluding carboxylic acids is 1. The van der Waals surface area contributed by atoms with Crippen molar-refractivity contribution in [3.63, 3.8) is 0 Å². The maximum Gasteiger partial charge on any atom is 0.416 e. The number of benzene rings is 3. The largest absolute Gasteiger partial charge is 0.416 e. The Morgan fingerprint density at radius 1 is 0.613 bits per heavy atom. The van der Waals surface area contributed by atoms with Crippen LogP contribution in [0.3, 0.4) is 0 Å². The Balaban J connectivity index is 1.95. The number of hydrogen-bond acceptors (Lipinski definition) is 3. The molecule has 160 valence electrons. The summed E-state index contributed by atoms with van der Waals surface area (Å²) >= 11 is 0. The molecule has 0 fully saturated rings. The molecule has 0 saturated carbocycles. The van der Waals surface area contributed by atoms with Crippen LogP contribution in [0.15, 0.2) is 70.5 Å². The zero-order chi connectivity index (χ0) is 22.8. The van der Waals surface area contributed by atoms with Crippen LogP contribution in [0.25, 0.3) is 11.1 Å². The molecule has 0 saturated heterocycles. The number of carbonyl (C=O) groups is 1. The molecule has 0 aromatic heterocycles. The molecule has 3 nitrogen and oxygen atoms in total. The second-order valence-electron chi connectivity index (χ2n) is 6.83. The number of hydrogen-bond donors (Lipinski definition) is 0. The zero-order valence-corrected chi connectivity index (χ0v) is 16.0. The highest BCUT2D eigenvalue weighted by Crippen LogP contribution is 2.41. The van der Waals surface area contributed by atoms with E-state index in [1.807, 2.05) is 0 Å². The lowest BCUT2D eigenvalue weighted by Gasteiger charge is -2.20. The smallest absolute Gasteiger partial charge is 0.289 e. The van der Waals surface area contributed by atoms with E-state index in [-0.39, 0.29) is 27.7 Å². The molecule has 0 radical (unpaired) electrons. The number of sulfone groups is 1. The van der Waals surface area contributed by atoms with Gasteiger partial charge in [0.1, 0.15) is 0 Å². The molecule has 4 rings (SSSR count). The van der Waals surface area contributed by atoms with E-state index in [2.05, 4.69) is 0 Å². The molecular weight excluding hydrogens is 446 g/mol. The average Bonchev–Trinajstić information content (AvgIpc) is 2.70. The van der Waals surface area contributed by atoms with Crippen molar-refractivity contribution in [3.8, 4) is 11.1 Å². The summed E-state index contributed by atoms with van der Waals surface area (Å²) in [5.41, 5.74) is -4.00. The van der Waals surface area contributed by atoms with Crippen LogP contribution in [0.5, 0.6) is 0 Å². The highest BCUT2D eigenvalue weighted by atomic mass is 32.2. The van der Waals surface area contributed by atoms with Crippen LogP contribution in [-0.2, 0) is 22.2 Å². The fourth-order valence-electron chi connectivity index (χ4n) is 3.39. The van der Waals surface area contributed by atoms with Crippen molar-refractivity contribution in [3.05, 3.63) is 82.9 Å². The van der Waals surface area contributed by atoms with E-state index >= 15 is 0 Å². The van der Waals surface area contributed by atoms with Gasteiger partial charge in [0.25, 0.3) is 0 Å². The molecule has 0 N–H and O–H groups in total. The van der Waals surface area contributed by atoms with Gasteiger partial charge in [-0.25, -0.2) is 8.42 Å². The zero-order valence-electron chi connectivity index (χ0n) is 15.2. The molecule has 31 heavy (non-hydrogen) atoms. The number of rotatable bonds is 1. The molecular formula is C21H10F6O3S. The van der Waals surface area contributed by atoms with Gasteiger partial charge in [-0.2, -0.15) is 26.3 Å². The van der Waals surface area contributed by atoms with E-state index in [0.717, 1.165) is 18.2 Å². The highest BCUT2D eigenvalue weighted by molar-refractivity contribution is 7.91. The summed E-state index contributed by atoms with van der Waals surface area (Å²) in [4.78, 5) is 11.9. The van der Waals surface area contributed by atoms with E-state index in [9.17, 15) is 39.6 Å². The van der Waals surface area contributed by atoms with Gasteiger partial charge in [0.05, 0.1) is 20.9 Å². The van der Waals surface area contributed by atoms with Gasteiger partial charge >= 0.3 is 12.4 Å². The lowest BCUT2D eigenvalue weighted by Crippen LogP contribution is -2.20. The lowest BCUT2D eigenvalue weighted by atomic mass is 9.96. The number of ketones is 1. The van der Waals surface area contributed by atoms with Gasteiger partial charge in [0.15, 0.2) is 5.78 Å². The van der Waals surface area contributed by atoms with Crippen molar-refractivity contribution in [1.82, 2.24) is 0 Å². The Labute approximate surface area is 171 Å². The van der Waals surface area contributed by atoms with Crippen LogP contribution in [0, 0.1) is 0 Å². The Hall–Kier alpha value is -3.14. The van der Waals surface area contributed by atoms with E-state index in [0.29, 0.717) is 12.1 Å². The van der Waals surface area contributed by atoms with Gasteiger partial charge in [0.2, 0.25) is 9.84 Å². The lowest BCUT2D eigenvalue weighted by molar-refractivity contribution is -0.143. The van der Waals surface area contributed by atoms with Crippen LogP contribution in [0.4, 0.5) is 26.3 Å². The predicted molar refractivity (Wildman–Crippen MR) is 97.2 cm³/mol. The van der Waals surface area contributed by atoms with Gasteiger partial charge in [-0.1, -0.05) is 18.2 Å². The fourth-order valence-corrected chi connectivity index (χ4v) is 5.06. The summed E-state index contributed by atoms with van der Waals surface area (Å²) in [5, 5.41) is 0. The Kier molecular flexibility index (Phi) is 4.55. The van der Waals surface area contributed by atoms with Crippen LogP contribution >= 0.6 is 0 Å². The minimum Gasteiger partial charge on any atom is -0.289 e. The molecule has 1 aliphatic rings. The minimum atomic E-state index is -5.05. The molecule has 0 aliphatic carbocycles. The number of alkyl halides is 6. The summed E-state index contributed by atoms with van der Waals surface area (Å²) in [7, 11) is -4.21. The molecule has 10 heteroatoms. The van der Waals surface area contributed by atoms with Crippen LogP contribution in [0.2, 0.25) is 0 Å². The summed E-state index contributed by atoms with van der Waals surface area (Å²) < 4.78 is 105. The van der Waals surface area contributed by atoms with Crippen molar-refractivity contribution < 1.29 is 39.6 Å². The minimum absolute atomic E-state index is 0.0155. The molecule has 0 amide bonds. The second kappa shape index (κ2) is 6.68. The SMILES string of the molecule is O=C1c2ccccc2S(=O)(=O)c2cc(-c3cc(C(F)(F)F)cc(C(F)(F)F)c3)ccc21. The van der Waals surface area contributed by atoms with Gasteiger partial charge in [-0.3, -0.25) is 4.79 Å². The first-order valence-corrected chi connectivity index (χ1v) is 10.1. The molecule has 0 spiro atoms. The normalized spacial score (nSPS) is 15.4. The van der Waals surface area contributed by atoms with Gasteiger partial charge in [-0.05, 0) is 53.6 Å². The summed E-state index contributed by atoms with van der Waals surface area (Å²) in [6.07, 6.45) is -10.1. The van der Waals surface area contributed by atoms with Crippen LogP contribution in [-0.4, -0.2) is 14.2 Å². The monoisotopic (exact) mass is 456 g/mol. The Morgan fingerprint density at radius 2 is 1.16 bits per heavy atom. The van der Waals surface area contributed by atoms with Crippen LogP contribution < -0.4 is 0 Å².